The fourth-order valence-corrected chi connectivity index (χ4v) is 5.38. The maximum atomic E-state index is 13.8. The minimum absolute atomic E-state index is 0.133. The van der Waals surface area contributed by atoms with Gasteiger partial charge in [0, 0.05) is 29.9 Å². The Labute approximate surface area is 218 Å². The molecule has 9 heteroatoms. The Balaban J connectivity index is 1.47. The van der Waals surface area contributed by atoms with Crippen LogP contribution in [0.1, 0.15) is 46.0 Å². The molecule has 1 aromatic heterocycles. The van der Waals surface area contributed by atoms with E-state index in [2.05, 4.69) is 15.4 Å². The molecule has 9 nitrogen and oxygen atoms in total. The highest BCUT2D eigenvalue weighted by Gasteiger charge is 2.35. The van der Waals surface area contributed by atoms with Crippen molar-refractivity contribution in [2.24, 2.45) is 5.92 Å². The molecule has 0 unspecified atom stereocenters. The maximum absolute atomic E-state index is 13.8. The standard InChI is InChI=1S/C29H25N3O6/c1-2-37-29(36)16-10-12-32(13-11-16)22-15-21(30-18-7-5-6-17(14-18)28(34)35)23-24-25(22)31-38-27(24)20-9-4-3-8-19(20)26(23)33/h3-9,14-16,30H,2,10-13H2,1H3,(H,34,35). The van der Waals surface area contributed by atoms with Crippen molar-refractivity contribution < 1.29 is 28.8 Å². The number of benzene rings is 3. The van der Waals surface area contributed by atoms with Crippen LogP contribution in [0.3, 0.4) is 0 Å². The van der Waals surface area contributed by atoms with E-state index in [1.807, 2.05) is 18.2 Å². The summed E-state index contributed by atoms with van der Waals surface area (Å²) in [5, 5.41) is 17.8. The van der Waals surface area contributed by atoms with Crippen LogP contribution >= 0.6 is 0 Å². The Morgan fingerprint density at radius 2 is 1.87 bits per heavy atom. The average Bonchev–Trinajstić information content (AvgIpc) is 3.38. The summed E-state index contributed by atoms with van der Waals surface area (Å²) in [6, 6.07) is 15.6. The Kier molecular flexibility index (Phi) is 5.83. The largest absolute Gasteiger partial charge is 0.478 e. The third-order valence-electron chi connectivity index (χ3n) is 7.22. The minimum Gasteiger partial charge on any atom is -0.478 e. The number of nitrogens with zero attached hydrogens (tertiary/aromatic N) is 2. The number of fused-ring (bicyclic) bond motifs is 2. The summed E-state index contributed by atoms with van der Waals surface area (Å²) in [6.45, 7) is 3.38. The van der Waals surface area contributed by atoms with Gasteiger partial charge in [0.15, 0.2) is 11.5 Å². The summed E-state index contributed by atoms with van der Waals surface area (Å²) < 4.78 is 11.1. The van der Waals surface area contributed by atoms with Crippen LogP contribution in [0.15, 0.2) is 59.1 Å². The molecule has 1 saturated heterocycles. The highest BCUT2D eigenvalue weighted by atomic mass is 16.5. The number of ether oxygens (including phenoxy) is 1. The number of nitrogens with one attached hydrogen (secondary N) is 1. The van der Waals surface area contributed by atoms with E-state index in [4.69, 9.17) is 9.26 Å². The topological polar surface area (TPSA) is 122 Å². The Hall–Kier alpha value is -4.66. The zero-order chi connectivity index (χ0) is 26.4. The lowest BCUT2D eigenvalue weighted by atomic mass is 9.86. The molecule has 0 radical (unpaired) electrons. The van der Waals surface area contributed by atoms with Gasteiger partial charge in [-0.1, -0.05) is 35.5 Å². The van der Waals surface area contributed by atoms with E-state index in [0.29, 0.717) is 77.3 Å². The number of hydrogen-bond donors (Lipinski definition) is 2. The number of carbonyl (C=O) groups excluding carboxylic acids is 2. The fourth-order valence-electron chi connectivity index (χ4n) is 5.38. The molecule has 1 fully saturated rings. The molecule has 38 heavy (non-hydrogen) atoms. The molecule has 2 aliphatic rings. The van der Waals surface area contributed by atoms with Crippen LogP contribution in [0, 0.1) is 5.92 Å². The smallest absolute Gasteiger partial charge is 0.335 e. The van der Waals surface area contributed by atoms with Crippen molar-refractivity contribution in [2.45, 2.75) is 19.8 Å². The maximum Gasteiger partial charge on any atom is 0.335 e. The number of aromatic nitrogens is 1. The Bertz CT molecular complexity index is 1600. The molecule has 3 aromatic carbocycles. The van der Waals surface area contributed by atoms with Crippen molar-refractivity contribution in [3.8, 4) is 11.3 Å². The van der Waals surface area contributed by atoms with Crippen LogP contribution in [0.25, 0.3) is 22.2 Å². The molecule has 0 amide bonds. The quantitative estimate of drug-likeness (QED) is 0.294. The molecule has 1 aliphatic carbocycles. The molecule has 0 bridgehead atoms. The number of aromatic carboxylic acids is 1. The normalized spacial score (nSPS) is 14.9. The number of esters is 1. The highest BCUT2D eigenvalue weighted by Crippen LogP contribution is 2.46. The van der Waals surface area contributed by atoms with Gasteiger partial charge < -0.3 is 24.6 Å². The van der Waals surface area contributed by atoms with Gasteiger partial charge >= 0.3 is 11.9 Å². The van der Waals surface area contributed by atoms with Crippen molar-refractivity contribution in [2.75, 3.05) is 29.9 Å². The van der Waals surface area contributed by atoms with Crippen molar-refractivity contribution in [1.82, 2.24) is 5.16 Å². The van der Waals surface area contributed by atoms with Gasteiger partial charge in [-0.25, -0.2) is 4.79 Å². The summed E-state index contributed by atoms with van der Waals surface area (Å²) >= 11 is 0. The van der Waals surface area contributed by atoms with Gasteiger partial charge in [0.1, 0.15) is 5.52 Å². The monoisotopic (exact) mass is 511 g/mol. The predicted molar refractivity (Wildman–Crippen MR) is 141 cm³/mol. The second-order valence-corrected chi connectivity index (χ2v) is 9.45. The number of carboxylic acids is 1. The van der Waals surface area contributed by atoms with Gasteiger partial charge in [0.25, 0.3) is 0 Å². The molecule has 4 aromatic rings. The van der Waals surface area contributed by atoms with E-state index in [-0.39, 0.29) is 23.2 Å². The summed E-state index contributed by atoms with van der Waals surface area (Å²) in [5.41, 5.74) is 4.20. The van der Waals surface area contributed by atoms with E-state index in [1.165, 1.54) is 12.1 Å². The van der Waals surface area contributed by atoms with Crippen molar-refractivity contribution >= 4 is 45.7 Å². The third-order valence-corrected chi connectivity index (χ3v) is 7.22. The van der Waals surface area contributed by atoms with Crippen molar-refractivity contribution in [3.05, 3.63) is 71.3 Å². The number of carbonyl (C=O) groups is 3. The molecule has 1 aliphatic heterocycles. The first-order chi connectivity index (χ1) is 18.5. The summed E-state index contributed by atoms with van der Waals surface area (Å²) in [5.74, 6) is -1.00. The lowest BCUT2D eigenvalue weighted by molar-refractivity contribution is -0.148. The first kappa shape index (κ1) is 23.7. The molecule has 2 N–H and O–H groups in total. The van der Waals surface area contributed by atoms with Crippen molar-refractivity contribution in [1.29, 1.82) is 0 Å². The van der Waals surface area contributed by atoms with Crippen LogP contribution in [-0.4, -0.2) is 47.7 Å². The van der Waals surface area contributed by atoms with Crippen LogP contribution in [-0.2, 0) is 9.53 Å². The highest BCUT2D eigenvalue weighted by molar-refractivity contribution is 6.28. The van der Waals surface area contributed by atoms with Gasteiger partial charge in [-0.2, -0.15) is 0 Å². The fraction of sp³-hybridized carbons (Fsp3) is 0.241. The van der Waals surface area contributed by atoms with E-state index in [9.17, 15) is 19.5 Å². The van der Waals surface area contributed by atoms with Crippen LogP contribution in [0.2, 0.25) is 0 Å². The minimum atomic E-state index is -1.04. The van der Waals surface area contributed by atoms with Gasteiger partial charge in [-0.05, 0) is 44.0 Å². The molecular formula is C29H25N3O6. The summed E-state index contributed by atoms with van der Waals surface area (Å²) in [4.78, 5) is 39.7. The number of piperidine rings is 1. The van der Waals surface area contributed by atoms with E-state index >= 15 is 0 Å². The molecule has 6 rings (SSSR count). The summed E-state index contributed by atoms with van der Waals surface area (Å²) in [6.07, 6.45) is 1.27. The lowest BCUT2D eigenvalue weighted by Gasteiger charge is -2.33. The van der Waals surface area contributed by atoms with E-state index in [1.54, 1.807) is 31.2 Å². The van der Waals surface area contributed by atoms with Gasteiger partial charge in [0.05, 0.1) is 40.4 Å². The number of anilines is 3. The average molecular weight is 512 g/mol. The second kappa shape index (κ2) is 9.33. The van der Waals surface area contributed by atoms with Crippen LogP contribution in [0.5, 0.6) is 0 Å². The lowest BCUT2D eigenvalue weighted by Crippen LogP contribution is -2.37. The van der Waals surface area contributed by atoms with E-state index < -0.39 is 5.97 Å². The van der Waals surface area contributed by atoms with Gasteiger partial charge in [-0.3, -0.25) is 9.59 Å². The molecule has 192 valence electrons. The zero-order valence-corrected chi connectivity index (χ0v) is 20.7. The first-order valence-corrected chi connectivity index (χ1v) is 12.6. The molecule has 2 heterocycles. The van der Waals surface area contributed by atoms with E-state index in [0.717, 1.165) is 5.69 Å². The molecular weight excluding hydrogens is 486 g/mol. The second-order valence-electron chi connectivity index (χ2n) is 9.45. The Morgan fingerprint density at radius 3 is 2.61 bits per heavy atom. The molecule has 0 atom stereocenters. The Morgan fingerprint density at radius 1 is 1.11 bits per heavy atom. The predicted octanol–water partition coefficient (Wildman–Crippen LogP) is 5.26. The van der Waals surface area contributed by atoms with Gasteiger partial charge in [-0.15, -0.1) is 0 Å². The number of hydrogen-bond acceptors (Lipinski definition) is 8. The zero-order valence-electron chi connectivity index (χ0n) is 20.7. The van der Waals surface area contributed by atoms with Gasteiger partial charge in [0.2, 0.25) is 0 Å². The van der Waals surface area contributed by atoms with Crippen molar-refractivity contribution in [3.63, 3.8) is 0 Å². The number of carboxylic acid groups (broad SMARTS) is 1. The number of rotatable bonds is 6. The SMILES string of the molecule is CCOC(=O)C1CCN(c2cc(Nc3cccc(C(=O)O)c3)c3c4c(onc24)-c2ccccc2C3=O)CC1. The first-order valence-electron chi connectivity index (χ1n) is 12.6. The summed E-state index contributed by atoms with van der Waals surface area (Å²) in [7, 11) is 0. The molecule has 0 saturated carbocycles. The number of ketones is 1. The van der Waals surface area contributed by atoms with Crippen LogP contribution < -0.4 is 10.2 Å². The molecule has 0 spiro atoms. The van der Waals surface area contributed by atoms with Crippen LogP contribution in [0.4, 0.5) is 17.1 Å². The third kappa shape index (κ3) is 3.87.